The van der Waals surface area contributed by atoms with Gasteiger partial charge in [0.1, 0.15) is 5.75 Å². The summed E-state index contributed by atoms with van der Waals surface area (Å²) in [4.78, 5) is 6.80. The van der Waals surface area contributed by atoms with Gasteiger partial charge in [-0.15, -0.1) is 0 Å². The highest BCUT2D eigenvalue weighted by Crippen LogP contribution is 2.44. The lowest BCUT2D eigenvalue weighted by molar-refractivity contribution is 0.475. The minimum atomic E-state index is -0.116. The second kappa shape index (κ2) is 8.61. The van der Waals surface area contributed by atoms with Crippen molar-refractivity contribution in [2.24, 2.45) is 0 Å². The van der Waals surface area contributed by atoms with Crippen LogP contribution in [0.3, 0.4) is 0 Å². The van der Waals surface area contributed by atoms with Gasteiger partial charge in [0, 0.05) is 29.0 Å². The van der Waals surface area contributed by atoms with Crippen LogP contribution in [0.15, 0.2) is 72.9 Å². The largest absolute Gasteiger partial charge is 0.508 e. The van der Waals surface area contributed by atoms with Crippen molar-refractivity contribution >= 4 is 23.0 Å². The topological polar surface area (TPSA) is 53.3 Å². The van der Waals surface area contributed by atoms with Crippen LogP contribution >= 0.6 is 12.2 Å². The van der Waals surface area contributed by atoms with E-state index in [-0.39, 0.29) is 17.8 Å². The summed E-state index contributed by atoms with van der Waals surface area (Å²) >= 11 is 5.84. The fraction of sp³-hybridized carbons (Fsp3) is 0.214. The summed E-state index contributed by atoms with van der Waals surface area (Å²) in [6.45, 7) is 8.65. The van der Waals surface area contributed by atoms with Gasteiger partial charge in [-0.2, -0.15) is 0 Å². The van der Waals surface area contributed by atoms with Gasteiger partial charge in [0.2, 0.25) is 0 Å². The van der Waals surface area contributed by atoms with Crippen LogP contribution in [-0.2, 0) is 0 Å². The molecule has 1 fully saturated rings. The number of aryl methyl sites for hydroxylation is 2. The van der Waals surface area contributed by atoms with Gasteiger partial charge in [0.25, 0.3) is 0 Å². The molecule has 0 bridgehead atoms. The molecule has 0 aliphatic carbocycles. The molecule has 1 aliphatic heterocycles. The van der Waals surface area contributed by atoms with E-state index in [2.05, 4.69) is 71.7 Å². The lowest BCUT2D eigenvalue weighted by Gasteiger charge is -2.28. The Balaban J connectivity index is 1.70. The number of hydrogen-bond acceptors (Lipinski definition) is 3. The lowest BCUT2D eigenvalue weighted by atomic mass is 9.96. The van der Waals surface area contributed by atoms with Crippen LogP contribution in [0.1, 0.15) is 45.9 Å². The molecule has 1 saturated heterocycles. The highest BCUT2D eigenvalue weighted by molar-refractivity contribution is 7.80. The monoisotopic (exact) mass is 468 g/mol. The van der Waals surface area contributed by atoms with Crippen LogP contribution in [0.5, 0.6) is 5.75 Å². The summed E-state index contributed by atoms with van der Waals surface area (Å²) in [5.74, 6) is 0.229. The zero-order valence-electron chi connectivity index (χ0n) is 19.8. The third-order valence-corrected chi connectivity index (χ3v) is 7.15. The molecule has 0 unspecified atom stereocenters. The van der Waals surface area contributed by atoms with Gasteiger partial charge >= 0.3 is 0 Å². The van der Waals surface area contributed by atoms with Crippen LogP contribution in [0.2, 0.25) is 0 Å². The van der Waals surface area contributed by atoms with E-state index < -0.39 is 0 Å². The van der Waals surface area contributed by atoms with Crippen molar-refractivity contribution in [1.29, 1.82) is 0 Å². The molecule has 2 aromatic heterocycles. The summed E-state index contributed by atoms with van der Waals surface area (Å²) in [6, 6.07) is 21.7. The third-order valence-electron chi connectivity index (χ3n) is 6.83. The Labute approximate surface area is 205 Å². The summed E-state index contributed by atoms with van der Waals surface area (Å²) < 4.78 is 2.34. The molecule has 2 aromatic carbocycles. The van der Waals surface area contributed by atoms with Crippen molar-refractivity contribution in [2.75, 3.05) is 4.90 Å². The number of aromatic nitrogens is 2. The van der Waals surface area contributed by atoms with Crippen molar-refractivity contribution in [3.63, 3.8) is 0 Å². The molecule has 1 aliphatic rings. The lowest BCUT2D eigenvalue weighted by Crippen LogP contribution is -2.29. The van der Waals surface area contributed by atoms with E-state index >= 15 is 0 Å². The molecule has 34 heavy (non-hydrogen) atoms. The van der Waals surface area contributed by atoms with Gasteiger partial charge in [0.15, 0.2) is 5.11 Å². The first-order chi connectivity index (χ1) is 16.4. The number of phenols is 1. The maximum Gasteiger partial charge on any atom is 0.174 e. The first kappa shape index (κ1) is 22.2. The normalized spacial score (nSPS) is 17.8. The Bertz CT molecular complexity index is 1360. The number of benzene rings is 2. The molecule has 3 heterocycles. The Morgan fingerprint density at radius 3 is 2.41 bits per heavy atom. The number of hydrogen-bond donors (Lipinski definition) is 2. The molecule has 0 amide bonds. The number of pyridine rings is 1. The van der Waals surface area contributed by atoms with E-state index in [0.29, 0.717) is 5.11 Å². The van der Waals surface area contributed by atoms with Gasteiger partial charge in [0.05, 0.1) is 17.8 Å². The second-order valence-corrected chi connectivity index (χ2v) is 9.28. The molecule has 5 nitrogen and oxygen atoms in total. The Morgan fingerprint density at radius 1 is 0.941 bits per heavy atom. The fourth-order valence-corrected chi connectivity index (χ4v) is 5.34. The van der Waals surface area contributed by atoms with E-state index in [0.717, 1.165) is 11.4 Å². The molecule has 0 saturated carbocycles. The van der Waals surface area contributed by atoms with E-state index in [1.807, 2.05) is 36.5 Å². The first-order valence-corrected chi connectivity index (χ1v) is 11.8. The van der Waals surface area contributed by atoms with Gasteiger partial charge in [-0.25, -0.2) is 0 Å². The molecule has 0 radical (unpaired) electrons. The minimum absolute atomic E-state index is 0.1000. The summed E-state index contributed by atoms with van der Waals surface area (Å²) in [5.41, 5.74) is 9.13. The highest BCUT2D eigenvalue weighted by Gasteiger charge is 2.42. The summed E-state index contributed by atoms with van der Waals surface area (Å²) in [5, 5.41) is 14.0. The molecular formula is C28H28N4OS. The second-order valence-electron chi connectivity index (χ2n) is 8.89. The van der Waals surface area contributed by atoms with Crippen molar-refractivity contribution in [3.8, 4) is 11.4 Å². The standard InChI is InChI=1S/C28H28N4OS/c1-17-8-7-10-25(19(17)3)31-18(2)16-23(20(31)4)27-26(24-9-5-6-15-29-24)30-28(34)32(27)21-11-13-22(33)14-12-21/h5-16,26-27,33H,1-4H3,(H,30,34)/t26-,27+/m0/s1. The molecule has 4 aromatic rings. The SMILES string of the molecule is Cc1cccc(-n2c(C)cc([C@@H]3[C@H](c4ccccn4)NC(=S)N3c3ccc(O)cc3)c2C)c1C. The summed E-state index contributed by atoms with van der Waals surface area (Å²) in [7, 11) is 0. The minimum Gasteiger partial charge on any atom is -0.508 e. The summed E-state index contributed by atoms with van der Waals surface area (Å²) in [6.07, 6.45) is 1.82. The predicted molar refractivity (Wildman–Crippen MR) is 141 cm³/mol. The van der Waals surface area contributed by atoms with Crippen LogP contribution in [0.4, 0.5) is 5.69 Å². The number of rotatable bonds is 4. The fourth-order valence-electron chi connectivity index (χ4n) is 5.00. The number of nitrogens with zero attached hydrogens (tertiary/aromatic N) is 3. The van der Waals surface area contributed by atoms with Crippen LogP contribution in [-0.4, -0.2) is 19.8 Å². The average molecular weight is 469 g/mol. The quantitative estimate of drug-likeness (QED) is 0.361. The van der Waals surface area contributed by atoms with Gasteiger partial charge in [-0.3, -0.25) is 4.98 Å². The van der Waals surface area contributed by atoms with E-state index in [4.69, 9.17) is 12.2 Å². The molecule has 2 N–H and O–H groups in total. The Hall–Kier alpha value is -3.64. The maximum absolute atomic E-state index is 9.86. The number of phenolic OH excluding ortho intramolecular Hbond substituents is 1. The average Bonchev–Trinajstić information content (AvgIpc) is 3.32. The van der Waals surface area contributed by atoms with Crippen molar-refractivity contribution < 1.29 is 5.11 Å². The van der Waals surface area contributed by atoms with Gasteiger partial charge < -0.3 is 19.9 Å². The van der Waals surface area contributed by atoms with Crippen molar-refractivity contribution in [1.82, 2.24) is 14.9 Å². The molecule has 0 spiro atoms. The number of aromatic hydroxyl groups is 1. The first-order valence-electron chi connectivity index (χ1n) is 11.4. The molecule has 172 valence electrons. The highest BCUT2D eigenvalue weighted by atomic mass is 32.1. The smallest absolute Gasteiger partial charge is 0.174 e. The van der Waals surface area contributed by atoms with E-state index in [1.54, 1.807) is 12.1 Å². The Morgan fingerprint density at radius 2 is 1.71 bits per heavy atom. The third kappa shape index (κ3) is 3.64. The molecule has 6 heteroatoms. The zero-order valence-corrected chi connectivity index (χ0v) is 20.6. The molecule has 5 rings (SSSR count). The number of nitrogens with one attached hydrogen (secondary N) is 1. The van der Waals surface area contributed by atoms with E-state index in [1.165, 1.54) is 33.8 Å². The number of anilines is 1. The van der Waals surface area contributed by atoms with Crippen molar-refractivity contribution in [2.45, 2.75) is 39.8 Å². The number of thiocarbonyl (C=S) groups is 1. The predicted octanol–water partition coefficient (Wildman–Crippen LogP) is 5.99. The van der Waals surface area contributed by atoms with Gasteiger partial charge in [-0.1, -0.05) is 18.2 Å². The molecule has 2 atom stereocenters. The van der Waals surface area contributed by atoms with Crippen LogP contribution < -0.4 is 10.2 Å². The molecular weight excluding hydrogens is 440 g/mol. The Kier molecular flexibility index (Phi) is 5.62. The van der Waals surface area contributed by atoms with Gasteiger partial charge in [-0.05, 0) is 105 Å². The maximum atomic E-state index is 9.86. The zero-order chi connectivity index (χ0) is 24.0. The van der Waals surface area contributed by atoms with Crippen molar-refractivity contribution in [3.05, 3.63) is 107 Å². The van der Waals surface area contributed by atoms with Crippen LogP contribution in [0, 0.1) is 27.7 Å². The van der Waals surface area contributed by atoms with E-state index in [9.17, 15) is 5.11 Å². The van der Waals surface area contributed by atoms with Crippen LogP contribution in [0.25, 0.3) is 5.69 Å².